The van der Waals surface area contributed by atoms with Gasteiger partial charge in [-0.2, -0.15) is 0 Å². The van der Waals surface area contributed by atoms with E-state index in [1.807, 2.05) is 0 Å². The third-order valence-electron chi connectivity index (χ3n) is 2.83. The average molecular weight is 212 g/mol. The van der Waals surface area contributed by atoms with Crippen molar-refractivity contribution in [2.24, 2.45) is 5.11 Å². The summed E-state index contributed by atoms with van der Waals surface area (Å²) in [7, 11) is 0. The van der Waals surface area contributed by atoms with E-state index in [0.717, 1.165) is 12.8 Å². The number of nitrogens with one attached hydrogen (secondary N) is 1. The molecule has 1 rings (SSSR count). The number of aliphatic carboxylic acids is 1. The molecule has 0 aromatic carbocycles. The summed E-state index contributed by atoms with van der Waals surface area (Å²) < 4.78 is 0. The lowest BCUT2D eigenvalue weighted by Gasteiger charge is -2.25. The van der Waals surface area contributed by atoms with E-state index in [4.69, 9.17) is 10.6 Å². The third-order valence-corrected chi connectivity index (χ3v) is 2.83. The highest BCUT2D eigenvalue weighted by molar-refractivity contribution is 5.79. The van der Waals surface area contributed by atoms with Gasteiger partial charge in [0.2, 0.25) is 0 Å². The summed E-state index contributed by atoms with van der Waals surface area (Å²) in [6.45, 7) is 1.00. The molecule has 0 heterocycles. The maximum atomic E-state index is 11.1. The molecule has 2 N–H and O–H groups in total. The molecule has 6 heteroatoms. The summed E-state index contributed by atoms with van der Waals surface area (Å²) in [4.78, 5) is 13.7. The standard InChI is InChI=1S/C9H16N4O2/c10-13-12-7-3-6-11-9(8(14)15)4-1-2-5-9/h11H,1-7H2,(H,14,15). The molecule has 84 valence electrons. The second-order valence-corrected chi connectivity index (χ2v) is 3.83. The number of hydrogen-bond acceptors (Lipinski definition) is 3. The minimum absolute atomic E-state index is 0.416. The zero-order valence-electron chi connectivity index (χ0n) is 8.65. The van der Waals surface area contributed by atoms with E-state index >= 15 is 0 Å². The Morgan fingerprint density at radius 3 is 2.73 bits per heavy atom. The van der Waals surface area contributed by atoms with Crippen LogP contribution in [0.15, 0.2) is 5.11 Å². The molecule has 1 aliphatic carbocycles. The molecule has 0 amide bonds. The van der Waals surface area contributed by atoms with Crippen LogP contribution in [0.25, 0.3) is 10.4 Å². The highest BCUT2D eigenvalue weighted by Gasteiger charge is 2.40. The molecule has 0 saturated heterocycles. The van der Waals surface area contributed by atoms with Crippen molar-refractivity contribution < 1.29 is 9.90 Å². The van der Waals surface area contributed by atoms with Crippen LogP contribution < -0.4 is 5.32 Å². The first-order valence-corrected chi connectivity index (χ1v) is 5.20. The zero-order valence-corrected chi connectivity index (χ0v) is 8.65. The lowest BCUT2D eigenvalue weighted by Crippen LogP contribution is -2.50. The molecule has 1 fully saturated rings. The van der Waals surface area contributed by atoms with E-state index in [9.17, 15) is 4.79 Å². The lowest BCUT2D eigenvalue weighted by atomic mass is 9.98. The Kier molecular flexibility index (Phi) is 4.39. The fraction of sp³-hybridized carbons (Fsp3) is 0.889. The van der Waals surface area contributed by atoms with Gasteiger partial charge in [0.25, 0.3) is 0 Å². The molecule has 0 aliphatic heterocycles. The first kappa shape index (κ1) is 11.8. The fourth-order valence-electron chi connectivity index (χ4n) is 1.97. The van der Waals surface area contributed by atoms with Gasteiger partial charge in [0, 0.05) is 11.5 Å². The monoisotopic (exact) mass is 212 g/mol. The lowest BCUT2D eigenvalue weighted by molar-refractivity contribution is -0.144. The van der Waals surface area contributed by atoms with E-state index in [1.54, 1.807) is 0 Å². The average Bonchev–Trinajstić information content (AvgIpc) is 2.67. The molecule has 0 radical (unpaired) electrons. The predicted octanol–water partition coefficient (Wildman–Crippen LogP) is 1.67. The minimum atomic E-state index is -0.760. The number of azide groups is 1. The molecular formula is C9H16N4O2. The van der Waals surface area contributed by atoms with Crippen LogP contribution in [0.2, 0.25) is 0 Å². The second-order valence-electron chi connectivity index (χ2n) is 3.83. The van der Waals surface area contributed by atoms with Crippen LogP contribution in [0, 0.1) is 0 Å². The largest absolute Gasteiger partial charge is 0.480 e. The van der Waals surface area contributed by atoms with Crippen molar-refractivity contribution in [3.8, 4) is 0 Å². The summed E-state index contributed by atoms with van der Waals surface area (Å²) >= 11 is 0. The summed E-state index contributed by atoms with van der Waals surface area (Å²) in [5, 5.41) is 15.6. The molecule has 0 aromatic heterocycles. The van der Waals surface area contributed by atoms with Crippen LogP contribution in [-0.4, -0.2) is 29.7 Å². The van der Waals surface area contributed by atoms with Crippen molar-refractivity contribution in [3.63, 3.8) is 0 Å². The summed E-state index contributed by atoms with van der Waals surface area (Å²) in [6, 6.07) is 0. The van der Waals surface area contributed by atoms with E-state index in [1.165, 1.54) is 0 Å². The molecule has 1 saturated carbocycles. The number of carbonyl (C=O) groups is 1. The van der Waals surface area contributed by atoms with E-state index < -0.39 is 11.5 Å². The van der Waals surface area contributed by atoms with Gasteiger partial charge in [-0.1, -0.05) is 18.0 Å². The summed E-state index contributed by atoms with van der Waals surface area (Å²) in [6.07, 6.45) is 4.01. The maximum Gasteiger partial charge on any atom is 0.323 e. The van der Waals surface area contributed by atoms with Gasteiger partial charge in [-0.25, -0.2) is 0 Å². The molecule has 0 bridgehead atoms. The Bertz CT molecular complexity index is 267. The van der Waals surface area contributed by atoms with Gasteiger partial charge in [0.1, 0.15) is 5.54 Å². The molecule has 6 nitrogen and oxygen atoms in total. The number of carboxylic acid groups (broad SMARTS) is 1. The first-order chi connectivity index (χ1) is 7.21. The van der Waals surface area contributed by atoms with Gasteiger partial charge in [0.05, 0.1) is 0 Å². The summed E-state index contributed by atoms with van der Waals surface area (Å²) in [5.41, 5.74) is 7.33. The van der Waals surface area contributed by atoms with Crippen LogP contribution in [0.5, 0.6) is 0 Å². The van der Waals surface area contributed by atoms with Crippen LogP contribution >= 0.6 is 0 Å². The number of hydrogen-bond donors (Lipinski definition) is 2. The van der Waals surface area contributed by atoms with Gasteiger partial charge in [-0.05, 0) is 31.3 Å². The van der Waals surface area contributed by atoms with Crippen molar-refractivity contribution in [2.75, 3.05) is 13.1 Å². The van der Waals surface area contributed by atoms with Gasteiger partial charge in [-0.3, -0.25) is 4.79 Å². The SMILES string of the molecule is [N-]=[N+]=NCCCNC1(C(=O)O)CCCC1. The van der Waals surface area contributed by atoms with Gasteiger partial charge in [-0.15, -0.1) is 0 Å². The molecule has 1 aliphatic rings. The molecule has 0 aromatic rings. The van der Waals surface area contributed by atoms with Crippen molar-refractivity contribution >= 4 is 5.97 Å². The fourth-order valence-corrected chi connectivity index (χ4v) is 1.97. The Morgan fingerprint density at radius 2 is 2.20 bits per heavy atom. The van der Waals surface area contributed by atoms with E-state index in [-0.39, 0.29) is 0 Å². The zero-order chi connectivity index (χ0) is 11.1. The Morgan fingerprint density at radius 1 is 1.53 bits per heavy atom. The van der Waals surface area contributed by atoms with Crippen molar-refractivity contribution in [1.29, 1.82) is 0 Å². The van der Waals surface area contributed by atoms with Crippen LogP contribution in [-0.2, 0) is 4.79 Å². The van der Waals surface area contributed by atoms with Gasteiger partial charge in [0.15, 0.2) is 0 Å². The Balaban J connectivity index is 2.33. The second kappa shape index (κ2) is 5.58. The summed E-state index contributed by atoms with van der Waals surface area (Å²) in [5.74, 6) is -0.760. The number of rotatable bonds is 6. The first-order valence-electron chi connectivity index (χ1n) is 5.20. The van der Waals surface area contributed by atoms with Crippen molar-refractivity contribution in [2.45, 2.75) is 37.6 Å². The van der Waals surface area contributed by atoms with Gasteiger partial charge < -0.3 is 10.4 Å². The molecule has 15 heavy (non-hydrogen) atoms. The van der Waals surface area contributed by atoms with Crippen molar-refractivity contribution in [3.05, 3.63) is 10.4 Å². The van der Waals surface area contributed by atoms with E-state index in [2.05, 4.69) is 15.3 Å². The maximum absolute atomic E-state index is 11.1. The van der Waals surface area contributed by atoms with Crippen LogP contribution in [0.3, 0.4) is 0 Å². The molecule has 0 unspecified atom stereocenters. The highest BCUT2D eigenvalue weighted by Crippen LogP contribution is 2.29. The van der Waals surface area contributed by atoms with Crippen LogP contribution in [0.4, 0.5) is 0 Å². The van der Waals surface area contributed by atoms with Crippen molar-refractivity contribution in [1.82, 2.24) is 5.32 Å². The Hall–Kier alpha value is -1.26. The smallest absolute Gasteiger partial charge is 0.323 e. The molecular weight excluding hydrogens is 196 g/mol. The highest BCUT2D eigenvalue weighted by atomic mass is 16.4. The Labute approximate surface area is 88.3 Å². The predicted molar refractivity (Wildman–Crippen MR) is 55.5 cm³/mol. The minimum Gasteiger partial charge on any atom is -0.480 e. The number of nitrogens with zero attached hydrogens (tertiary/aromatic N) is 3. The van der Waals surface area contributed by atoms with Crippen LogP contribution in [0.1, 0.15) is 32.1 Å². The van der Waals surface area contributed by atoms with Gasteiger partial charge >= 0.3 is 5.97 Å². The quantitative estimate of drug-likeness (QED) is 0.303. The number of carboxylic acids is 1. The molecule has 0 atom stereocenters. The third kappa shape index (κ3) is 3.11. The normalized spacial score (nSPS) is 18.4. The van der Waals surface area contributed by atoms with E-state index in [0.29, 0.717) is 32.4 Å². The topological polar surface area (TPSA) is 98.1 Å². The molecule has 0 spiro atoms.